The fraction of sp³-hybridized carbons (Fsp3) is 0.370. The molecule has 2 heterocycles. The third-order valence-corrected chi connectivity index (χ3v) is 7.76. The van der Waals surface area contributed by atoms with E-state index >= 15 is 0 Å². The Morgan fingerprint density at radius 3 is 2.45 bits per heavy atom. The van der Waals surface area contributed by atoms with E-state index in [2.05, 4.69) is 40.9 Å². The zero-order valence-electron chi connectivity index (χ0n) is 21.3. The van der Waals surface area contributed by atoms with Gasteiger partial charge in [-0.05, 0) is 74.0 Å². The molecule has 2 aliphatic heterocycles. The molecule has 2 N–H and O–H groups in total. The lowest BCUT2D eigenvalue weighted by Crippen LogP contribution is -2.54. The van der Waals surface area contributed by atoms with Crippen LogP contribution in [0.4, 0.5) is 18.9 Å². The number of alkyl halides is 3. The third-order valence-electron chi connectivity index (χ3n) is 6.48. The number of amides is 1. The summed E-state index contributed by atoms with van der Waals surface area (Å²) in [5, 5.41) is 11.5. The number of nitrogens with one attached hydrogen (secondary N) is 2. The van der Waals surface area contributed by atoms with Crippen molar-refractivity contribution in [1.82, 2.24) is 9.80 Å². The van der Waals surface area contributed by atoms with Crippen molar-refractivity contribution < 1.29 is 18.0 Å². The summed E-state index contributed by atoms with van der Waals surface area (Å²) in [6.07, 6.45) is -1.68. The van der Waals surface area contributed by atoms with Crippen molar-refractivity contribution in [3.8, 4) is 0 Å². The molecule has 2 aliphatic rings. The first-order valence-electron chi connectivity index (χ1n) is 12.1. The van der Waals surface area contributed by atoms with Gasteiger partial charge in [-0.3, -0.25) is 9.69 Å². The number of aliphatic imine (C=N–C) groups is 1. The molecule has 38 heavy (non-hydrogen) atoms. The molecule has 0 aliphatic carbocycles. The van der Waals surface area contributed by atoms with E-state index in [9.17, 15) is 18.0 Å². The molecule has 2 aromatic carbocycles. The SMILES string of the molecule is CC(C)(C)N1CCN(C2=NC(=O)/C(=C/c3ccc(NCc4ccc(Cl)cc4C(F)(F)F)c(C=N)c3)S2)CC1. The average molecular weight is 564 g/mol. The molecule has 6 nitrogen and oxygen atoms in total. The quantitative estimate of drug-likeness (QED) is 0.327. The molecule has 4 rings (SSSR count). The largest absolute Gasteiger partial charge is 0.416 e. The second kappa shape index (κ2) is 11.1. The maximum Gasteiger partial charge on any atom is 0.416 e. The highest BCUT2D eigenvalue weighted by molar-refractivity contribution is 8.18. The number of carbonyl (C=O) groups excluding carboxylic acids is 1. The van der Waals surface area contributed by atoms with Gasteiger partial charge >= 0.3 is 6.18 Å². The molecule has 0 spiro atoms. The third kappa shape index (κ3) is 6.59. The van der Waals surface area contributed by atoms with Gasteiger partial charge in [0.15, 0.2) is 5.17 Å². The van der Waals surface area contributed by atoms with Crippen LogP contribution in [0, 0.1) is 5.41 Å². The van der Waals surface area contributed by atoms with Crippen molar-refractivity contribution in [3.63, 3.8) is 0 Å². The van der Waals surface area contributed by atoms with Gasteiger partial charge in [-0.1, -0.05) is 23.7 Å². The highest BCUT2D eigenvalue weighted by atomic mass is 35.5. The number of amidine groups is 1. The molecule has 0 radical (unpaired) electrons. The summed E-state index contributed by atoms with van der Waals surface area (Å²) in [4.78, 5) is 21.9. The van der Waals surface area contributed by atoms with E-state index in [0.717, 1.165) is 38.5 Å². The van der Waals surface area contributed by atoms with E-state index in [-0.39, 0.29) is 28.6 Å². The molecule has 0 bridgehead atoms. The van der Waals surface area contributed by atoms with E-state index in [1.54, 1.807) is 24.3 Å². The van der Waals surface area contributed by atoms with E-state index in [1.807, 2.05) is 0 Å². The lowest BCUT2D eigenvalue weighted by Gasteiger charge is -2.42. The van der Waals surface area contributed by atoms with Crippen LogP contribution in [-0.2, 0) is 17.5 Å². The Morgan fingerprint density at radius 1 is 1.11 bits per heavy atom. The van der Waals surface area contributed by atoms with E-state index < -0.39 is 11.7 Å². The second-order valence-corrected chi connectivity index (χ2v) is 11.5. The molecule has 1 fully saturated rings. The summed E-state index contributed by atoms with van der Waals surface area (Å²) in [5.41, 5.74) is 1.02. The van der Waals surface area contributed by atoms with Crippen molar-refractivity contribution in [2.24, 2.45) is 4.99 Å². The molecule has 1 amide bonds. The number of nitrogens with zero attached hydrogens (tertiary/aromatic N) is 3. The predicted octanol–water partition coefficient (Wildman–Crippen LogP) is 6.35. The maximum atomic E-state index is 13.4. The van der Waals surface area contributed by atoms with E-state index in [4.69, 9.17) is 17.0 Å². The predicted molar refractivity (Wildman–Crippen MR) is 149 cm³/mol. The molecule has 0 unspecified atom stereocenters. The van der Waals surface area contributed by atoms with Crippen LogP contribution in [0.5, 0.6) is 0 Å². The molecule has 0 aromatic heterocycles. The van der Waals surface area contributed by atoms with Crippen molar-refractivity contribution in [3.05, 3.63) is 68.6 Å². The lowest BCUT2D eigenvalue weighted by molar-refractivity contribution is -0.138. The van der Waals surface area contributed by atoms with E-state index in [1.165, 1.54) is 23.9 Å². The summed E-state index contributed by atoms with van der Waals surface area (Å²) in [6.45, 7) is 9.86. The van der Waals surface area contributed by atoms with Crippen LogP contribution in [-0.4, -0.2) is 58.8 Å². The molecular weight excluding hydrogens is 535 g/mol. The van der Waals surface area contributed by atoms with Gasteiger partial charge in [0.25, 0.3) is 5.91 Å². The zero-order valence-corrected chi connectivity index (χ0v) is 22.9. The minimum Gasteiger partial charge on any atom is -0.380 e. The number of benzene rings is 2. The highest BCUT2D eigenvalue weighted by Gasteiger charge is 2.34. The van der Waals surface area contributed by atoms with Gasteiger partial charge in [-0.15, -0.1) is 0 Å². The maximum absolute atomic E-state index is 13.4. The fourth-order valence-electron chi connectivity index (χ4n) is 4.36. The van der Waals surface area contributed by atoms with Crippen LogP contribution in [0.2, 0.25) is 5.02 Å². The topological polar surface area (TPSA) is 71.8 Å². The van der Waals surface area contributed by atoms with Crippen LogP contribution in [0.1, 0.15) is 43.0 Å². The Bertz CT molecular complexity index is 1290. The second-order valence-electron chi connectivity index (χ2n) is 10.1. The van der Waals surface area contributed by atoms with Gasteiger partial charge in [0.05, 0.1) is 10.5 Å². The van der Waals surface area contributed by atoms with Gasteiger partial charge in [0.2, 0.25) is 0 Å². The van der Waals surface area contributed by atoms with Gasteiger partial charge in [0.1, 0.15) is 0 Å². The molecule has 11 heteroatoms. The molecule has 2 aromatic rings. The number of hydrogen-bond acceptors (Lipinski definition) is 6. The Kier molecular flexibility index (Phi) is 8.25. The monoisotopic (exact) mass is 563 g/mol. The number of rotatable bonds is 5. The summed E-state index contributed by atoms with van der Waals surface area (Å²) in [5.74, 6) is -0.302. The van der Waals surface area contributed by atoms with Crippen LogP contribution >= 0.6 is 23.4 Å². The number of carbonyl (C=O) groups is 1. The molecule has 202 valence electrons. The molecule has 1 saturated heterocycles. The Balaban J connectivity index is 1.44. The fourth-order valence-corrected chi connectivity index (χ4v) is 5.50. The summed E-state index contributed by atoms with van der Waals surface area (Å²) in [7, 11) is 0. The highest BCUT2D eigenvalue weighted by Crippen LogP contribution is 2.35. The molecule has 0 saturated carbocycles. The Morgan fingerprint density at radius 2 is 1.82 bits per heavy atom. The first-order valence-corrected chi connectivity index (χ1v) is 13.3. The minimum absolute atomic E-state index is 0.0114. The van der Waals surface area contributed by atoms with Crippen LogP contribution < -0.4 is 5.32 Å². The number of thioether (sulfide) groups is 1. The van der Waals surface area contributed by atoms with Gasteiger partial charge < -0.3 is 15.6 Å². The number of halogens is 4. The Labute approximate surface area is 229 Å². The van der Waals surface area contributed by atoms with Crippen molar-refractivity contribution >= 4 is 52.4 Å². The number of hydrogen-bond donors (Lipinski definition) is 2. The first-order chi connectivity index (χ1) is 17.8. The van der Waals surface area contributed by atoms with Crippen LogP contribution in [0.25, 0.3) is 6.08 Å². The van der Waals surface area contributed by atoms with Crippen molar-refractivity contribution in [2.75, 3.05) is 31.5 Å². The average Bonchev–Trinajstić information content (AvgIpc) is 3.22. The number of piperazine rings is 1. The standard InChI is InChI=1S/C27H29ClF3N5OS/c1-26(2,3)36-10-8-35(9-11-36)25-34-24(37)23(38-25)13-17-4-7-22(19(12-17)15-32)33-16-18-5-6-20(28)14-21(18)27(29,30)31/h4-7,12-15,32-33H,8-11,16H2,1-3H3/b23-13-,32-15?. The van der Waals surface area contributed by atoms with Crippen molar-refractivity contribution in [1.29, 1.82) is 5.41 Å². The van der Waals surface area contributed by atoms with E-state index in [0.29, 0.717) is 26.9 Å². The summed E-state index contributed by atoms with van der Waals surface area (Å²) < 4.78 is 40.2. The van der Waals surface area contributed by atoms with Gasteiger partial charge in [-0.25, -0.2) is 0 Å². The zero-order chi connectivity index (χ0) is 27.7. The lowest BCUT2D eigenvalue weighted by atomic mass is 10.1. The number of anilines is 1. The van der Waals surface area contributed by atoms with Crippen LogP contribution in [0.15, 0.2) is 46.3 Å². The smallest absolute Gasteiger partial charge is 0.380 e. The molecular formula is C27H29ClF3N5OS. The summed E-state index contributed by atoms with van der Waals surface area (Å²) >= 11 is 7.10. The minimum atomic E-state index is -4.53. The van der Waals surface area contributed by atoms with Gasteiger partial charge in [-0.2, -0.15) is 18.2 Å². The van der Waals surface area contributed by atoms with Gasteiger partial charge in [0, 0.05) is 60.8 Å². The molecule has 0 atom stereocenters. The first kappa shape index (κ1) is 28.2. The van der Waals surface area contributed by atoms with Crippen LogP contribution in [0.3, 0.4) is 0 Å². The normalized spacial score (nSPS) is 18.2. The summed E-state index contributed by atoms with van der Waals surface area (Å²) in [6, 6.07) is 8.81. The van der Waals surface area contributed by atoms with Crippen molar-refractivity contribution in [2.45, 2.75) is 39.0 Å². The Hall–Kier alpha value is -2.82.